The van der Waals surface area contributed by atoms with Crippen LogP contribution in [0.4, 0.5) is 0 Å². The number of nitrogens with zero attached hydrogens (tertiary/aromatic N) is 2. The summed E-state index contributed by atoms with van der Waals surface area (Å²) in [6, 6.07) is 7.88. The van der Waals surface area contributed by atoms with Gasteiger partial charge in [-0.05, 0) is 24.1 Å². The van der Waals surface area contributed by atoms with E-state index in [4.69, 9.17) is 15.0 Å². The molecule has 5 heteroatoms. The molecule has 0 aliphatic carbocycles. The molecule has 0 fully saturated rings. The van der Waals surface area contributed by atoms with Gasteiger partial charge in [-0.3, -0.25) is 0 Å². The maximum absolute atomic E-state index is 6.00. The van der Waals surface area contributed by atoms with Gasteiger partial charge in [0.2, 0.25) is 5.89 Å². The van der Waals surface area contributed by atoms with Gasteiger partial charge in [0.25, 0.3) is 0 Å². The fourth-order valence-electron chi connectivity index (χ4n) is 1.99. The average Bonchev–Trinajstić information content (AvgIpc) is 2.95. The number of ether oxygens (including phenoxy) is 1. The Labute approximate surface area is 119 Å². The van der Waals surface area contributed by atoms with Crippen LogP contribution in [0.15, 0.2) is 28.8 Å². The van der Waals surface area contributed by atoms with Crippen LogP contribution < -0.4 is 10.5 Å². The summed E-state index contributed by atoms with van der Waals surface area (Å²) in [7, 11) is 1.65. The van der Waals surface area contributed by atoms with E-state index < -0.39 is 0 Å². The molecule has 108 valence electrons. The van der Waals surface area contributed by atoms with Gasteiger partial charge in [0.15, 0.2) is 5.82 Å². The van der Waals surface area contributed by atoms with Crippen LogP contribution in [-0.4, -0.2) is 23.3 Å². The lowest BCUT2D eigenvalue weighted by Crippen LogP contribution is -2.25. The van der Waals surface area contributed by atoms with Crippen molar-refractivity contribution in [2.75, 3.05) is 7.11 Å². The average molecular weight is 275 g/mol. The lowest BCUT2D eigenvalue weighted by Gasteiger charge is -2.13. The van der Waals surface area contributed by atoms with Crippen LogP contribution >= 0.6 is 0 Å². The zero-order chi connectivity index (χ0) is 14.5. The smallest absolute Gasteiger partial charge is 0.231 e. The van der Waals surface area contributed by atoms with Crippen molar-refractivity contribution in [3.05, 3.63) is 41.5 Å². The summed E-state index contributed by atoms with van der Waals surface area (Å²) in [6.07, 6.45) is 1.53. The molecule has 20 heavy (non-hydrogen) atoms. The van der Waals surface area contributed by atoms with E-state index >= 15 is 0 Å². The van der Waals surface area contributed by atoms with E-state index in [1.807, 2.05) is 31.2 Å². The molecule has 2 atom stereocenters. The van der Waals surface area contributed by atoms with Crippen LogP contribution in [0.5, 0.6) is 5.75 Å². The predicted octanol–water partition coefficient (Wildman–Crippen LogP) is 2.51. The SMILES string of the molecule is CCC(N)C(C)c1nc(Cc2ccc(OC)cc2)no1. The summed E-state index contributed by atoms with van der Waals surface area (Å²) in [5, 5.41) is 4.02. The van der Waals surface area contributed by atoms with Crippen molar-refractivity contribution in [3.63, 3.8) is 0 Å². The molecule has 0 spiro atoms. The lowest BCUT2D eigenvalue weighted by atomic mass is 10.0. The Kier molecular flexibility index (Phi) is 4.74. The standard InChI is InChI=1S/C15H21N3O2/c1-4-13(16)10(2)15-17-14(18-20-15)9-11-5-7-12(19-3)8-6-11/h5-8,10,13H,4,9,16H2,1-3H3. The number of rotatable bonds is 6. The predicted molar refractivity (Wildman–Crippen MR) is 76.8 cm³/mol. The summed E-state index contributed by atoms with van der Waals surface area (Å²) < 4.78 is 10.4. The first-order valence-corrected chi connectivity index (χ1v) is 6.85. The van der Waals surface area contributed by atoms with Crippen LogP contribution in [0, 0.1) is 0 Å². The maximum atomic E-state index is 6.00. The van der Waals surface area contributed by atoms with Crippen molar-refractivity contribution in [2.45, 2.75) is 38.6 Å². The van der Waals surface area contributed by atoms with Crippen molar-refractivity contribution in [2.24, 2.45) is 5.73 Å². The van der Waals surface area contributed by atoms with Gasteiger partial charge >= 0.3 is 0 Å². The Bertz CT molecular complexity index is 536. The Morgan fingerprint density at radius 1 is 1.30 bits per heavy atom. The van der Waals surface area contributed by atoms with E-state index in [2.05, 4.69) is 17.1 Å². The summed E-state index contributed by atoms with van der Waals surface area (Å²) >= 11 is 0. The van der Waals surface area contributed by atoms with E-state index in [-0.39, 0.29) is 12.0 Å². The highest BCUT2D eigenvalue weighted by molar-refractivity contribution is 5.28. The minimum absolute atomic E-state index is 0.0456. The number of aromatic nitrogens is 2. The molecule has 0 amide bonds. The van der Waals surface area contributed by atoms with E-state index in [1.165, 1.54) is 0 Å². The summed E-state index contributed by atoms with van der Waals surface area (Å²) in [6.45, 7) is 4.06. The second-order valence-electron chi connectivity index (χ2n) is 4.93. The van der Waals surface area contributed by atoms with Crippen LogP contribution in [0.2, 0.25) is 0 Å². The molecule has 1 aromatic heterocycles. The highest BCUT2D eigenvalue weighted by Gasteiger charge is 2.19. The third-order valence-corrected chi connectivity index (χ3v) is 3.51. The van der Waals surface area contributed by atoms with Gasteiger partial charge in [0, 0.05) is 12.5 Å². The quantitative estimate of drug-likeness (QED) is 0.876. The van der Waals surface area contributed by atoms with Crippen molar-refractivity contribution in [1.29, 1.82) is 0 Å². The first kappa shape index (κ1) is 14.5. The Morgan fingerprint density at radius 2 is 2.00 bits per heavy atom. The van der Waals surface area contributed by atoms with Crippen molar-refractivity contribution in [1.82, 2.24) is 10.1 Å². The fraction of sp³-hybridized carbons (Fsp3) is 0.467. The van der Waals surface area contributed by atoms with Crippen molar-refractivity contribution >= 4 is 0 Å². The van der Waals surface area contributed by atoms with E-state index in [1.54, 1.807) is 7.11 Å². The zero-order valence-electron chi connectivity index (χ0n) is 12.2. The van der Waals surface area contributed by atoms with Gasteiger partial charge in [0.05, 0.1) is 13.0 Å². The number of benzene rings is 1. The molecule has 0 bridgehead atoms. The van der Waals surface area contributed by atoms with E-state index in [9.17, 15) is 0 Å². The molecule has 0 aliphatic heterocycles. The molecular weight excluding hydrogens is 254 g/mol. The molecule has 2 rings (SSSR count). The first-order valence-electron chi connectivity index (χ1n) is 6.85. The molecular formula is C15H21N3O2. The second kappa shape index (κ2) is 6.52. The molecule has 2 N–H and O–H groups in total. The molecule has 5 nitrogen and oxygen atoms in total. The molecule has 2 unspecified atom stereocenters. The molecule has 0 aliphatic rings. The number of nitrogens with two attached hydrogens (primary N) is 1. The lowest BCUT2D eigenvalue weighted by molar-refractivity contribution is 0.337. The van der Waals surface area contributed by atoms with Gasteiger partial charge in [-0.25, -0.2) is 0 Å². The monoisotopic (exact) mass is 275 g/mol. The second-order valence-corrected chi connectivity index (χ2v) is 4.93. The Hall–Kier alpha value is -1.88. The van der Waals surface area contributed by atoms with E-state index in [0.29, 0.717) is 18.1 Å². The number of methoxy groups -OCH3 is 1. The zero-order valence-corrected chi connectivity index (χ0v) is 12.2. The summed E-state index contributed by atoms with van der Waals surface area (Å²) in [5.41, 5.74) is 7.12. The topological polar surface area (TPSA) is 74.2 Å². The highest BCUT2D eigenvalue weighted by atomic mass is 16.5. The summed E-state index contributed by atoms with van der Waals surface area (Å²) in [4.78, 5) is 4.43. The Morgan fingerprint density at radius 3 is 2.60 bits per heavy atom. The minimum atomic E-state index is 0.0456. The molecule has 0 radical (unpaired) electrons. The molecule has 0 saturated heterocycles. The minimum Gasteiger partial charge on any atom is -0.497 e. The highest BCUT2D eigenvalue weighted by Crippen LogP contribution is 2.19. The third-order valence-electron chi connectivity index (χ3n) is 3.51. The van der Waals surface area contributed by atoms with Gasteiger partial charge < -0.3 is 15.0 Å². The van der Waals surface area contributed by atoms with E-state index in [0.717, 1.165) is 17.7 Å². The maximum Gasteiger partial charge on any atom is 0.231 e. The van der Waals surface area contributed by atoms with Crippen molar-refractivity contribution < 1.29 is 9.26 Å². The normalized spacial score (nSPS) is 14.0. The van der Waals surface area contributed by atoms with Crippen molar-refractivity contribution in [3.8, 4) is 5.75 Å². The van der Waals surface area contributed by atoms with Gasteiger partial charge in [-0.15, -0.1) is 0 Å². The number of hydrogen-bond acceptors (Lipinski definition) is 5. The first-order chi connectivity index (χ1) is 9.63. The van der Waals surface area contributed by atoms with Crippen LogP contribution in [0.3, 0.4) is 0 Å². The molecule has 2 aromatic rings. The van der Waals surface area contributed by atoms with Crippen LogP contribution in [-0.2, 0) is 6.42 Å². The van der Waals surface area contributed by atoms with Gasteiger partial charge in [0.1, 0.15) is 5.75 Å². The van der Waals surface area contributed by atoms with Gasteiger partial charge in [-0.2, -0.15) is 4.98 Å². The number of hydrogen-bond donors (Lipinski definition) is 1. The fourth-order valence-corrected chi connectivity index (χ4v) is 1.99. The van der Waals surface area contributed by atoms with Crippen LogP contribution in [0.1, 0.15) is 43.5 Å². The Balaban J connectivity index is 2.05. The third kappa shape index (κ3) is 3.36. The van der Waals surface area contributed by atoms with Crippen LogP contribution in [0.25, 0.3) is 0 Å². The largest absolute Gasteiger partial charge is 0.497 e. The molecule has 0 saturated carbocycles. The molecule has 1 heterocycles. The summed E-state index contributed by atoms with van der Waals surface area (Å²) in [5.74, 6) is 2.21. The molecule has 1 aromatic carbocycles. The van der Waals surface area contributed by atoms with Gasteiger partial charge in [-0.1, -0.05) is 31.1 Å².